The molecule has 0 heterocycles. The van der Waals surface area contributed by atoms with E-state index in [9.17, 15) is 8.42 Å². The van der Waals surface area contributed by atoms with Gasteiger partial charge >= 0.3 is 10.4 Å². The molecule has 0 spiro atoms. The van der Waals surface area contributed by atoms with Crippen LogP contribution in [0, 0.1) is 6.92 Å². The molecular formula is C9H12ClNO4S. The summed E-state index contributed by atoms with van der Waals surface area (Å²) in [7, 11) is -4.36. The molecular weight excluding hydrogens is 254 g/mol. The Labute approximate surface area is 99.3 Å². The van der Waals surface area contributed by atoms with Crippen LogP contribution in [0.25, 0.3) is 0 Å². The average molecular weight is 266 g/mol. The van der Waals surface area contributed by atoms with Crippen molar-refractivity contribution in [3.8, 4) is 0 Å². The normalized spacial score (nSPS) is 11.4. The second-order valence-corrected chi connectivity index (χ2v) is 4.59. The van der Waals surface area contributed by atoms with Gasteiger partial charge in [0.15, 0.2) is 0 Å². The van der Waals surface area contributed by atoms with Crippen molar-refractivity contribution in [2.75, 3.05) is 18.5 Å². The average Bonchev–Trinajstić information content (AvgIpc) is 2.17. The minimum atomic E-state index is -4.36. The molecule has 1 aromatic carbocycles. The lowest BCUT2D eigenvalue weighted by molar-refractivity contribution is 0.278. The molecule has 0 unspecified atom stereocenters. The standard InChI is InChI=1S/C9H12ClNO4S/c1-7-8(10)3-2-4-9(7)11-5-6-15-16(12,13)14/h2-4,11H,5-6H2,1H3,(H,12,13,14). The van der Waals surface area contributed by atoms with Crippen LogP contribution >= 0.6 is 11.6 Å². The molecule has 5 nitrogen and oxygen atoms in total. The van der Waals surface area contributed by atoms with Gasteiger partial charge in [0.05, 0.1) is 6.61 Å². The molecule has 0 aliphatic heterocycles. The molecule has 2 N–H and O–H groups in total. The van der Waals surface area contributed by atoms with E-state index in [-0.39, 0.29) is 13.2 Å². The Balaban J connectivity index is 2.47. The molecule has 0 bridgehead atoms. The van der Waals surface area contributed by atoms with E-state index in [4.69, 9.17) is 16.2 Å². The zero-order chi connectivity index (χ0) is 12.2. The maximum Gasteiger partial charge on any atom is 0.397 e. The van der Waals surface area contributed by atoms with Gasteiger partial charge in [0.25, 0.3) is 0 Å². The van der Waals surface area contributed by atoms with Crippen LogP contribution in [-0.4, -0.2) is 26.1 Å². The van der Waals surface area contributed by atoms with E-state index >= 15 is 0 Å². The predicted octanol–water partition coefficient (Wildman–Crippen LogP) is 1.88. The maximum absolute atomic E-state index is 10.2. The zero-order valence-electron chi connectivity index (χ0n) is 8.60. The van der Waals surface area contributed by atoms with Gasteiger partial charge in [-0.05, 0) is 24.6 Å². The third kappa shape index (κ3) is 4.36. The van der Waals surface area contributed by atoms with Crippen molar-refractivity contribution in [2.24, 2.45) is 0 Å². The fraction of sp³-hybridized carbons (Fsp3) is 0.333. The molecule has 16 heavy (non-hydrogen) atoms. The Morgan fingerprint density at radius 2 is 2.19 bits per heavy atom. The van der Waals surface area contributed by atoms with Crippen molar-refractivity contribution in [1.82, 2.24) is 0 Å². The maximum atomic E-state index is 10.2. The Morgan fingerprint density at radius 1 is 1.50 bits per heavy atom. The number of rotatable bonds is 5. The Kier molecular flexibility index (Phi) is 4.55. The lowest BCUT2D eigenvalue weighted by Crippen LogP contribution is -2.13. The molecule has 0 aliphatic rings. The molecule has 7 heteroatoms. The fourth-order valence-corrected chi connectivity index (χ4v) is 1.60. The van der Waals surface area contributed by atoms with Crippen molar-refractivity contribution < 1.29 is 17.2 Å². The highest BCUT2D eigenvalue weighted by Crippen LogP contribution is 2.22. The van der Waals surface area contributed by atoms with Gasteiger partial charge in [-0.3, -0.25) is 4.55 Å². The van der Waals surface area contributed by atoms with E-state index in [1.54, 1.807) is 12.1 Å². The molecule has 0 radical (unpaired) electrons. The summed E-state index contributed by atoms with van der Waals surface area (Å²) >= 11 is 5.89. The Morgan fingerprint density at radius 3 is 2.81 bits per heavy atom. The molecule has 0 saturated heterocycles. The van der Waals surface area contributed by atoms with Crippen molar-refractivity contribution >= 4 is 27.7 Å². The highest BCUT2D eigenvalue weighted by Gasteiger charge is 2.04. The number of anilines is 1. The van der Waals surface area contributed by atoms with E-state index in [0.29, 0.717) is 5.02 Å². The van der Waals surface area contributed by atoms with Gasteiger partial charge in [0.2, 0.25) is 0 Å². The molecule has 1 rings (SSSR count). The minimum Gasteiger partial charge on any atom is -0.382 e. The third-order valence-corrected chi connectivity index (χ3v) is 2.79. The van der Waals surface area contributed by atoms with Crippen molar-refractivity contribution in [3.05, 3.63) is 28.8 Å². The van der Waals surface area contributed by atoms with E-state index in [1.165, 1.54) is 0 Å². The molecule has 0 amide bonds. The SMILES string of the molecule is Cc1c(Cl)cccc1NCCOS(=O)(=O)O. The van der Waals surface area contributed by atoms with Gasteiger partial charge in [-0.25, -0.2) is 4.18 Å². The molecule has 0 aliphatic carbocycles. The lowest BCUT2D eigenvalue weighted by atomic mass is 10.2. The topological polar surface area (TPSA) is 75.6 Å². The molecule has 0 aromatic heterocycles. The summed E-state index contributed by atoms with van der Waals surface area (Å²) in [6.07, 6.45) is 0. The monoisotopic (exact) mass is 265 g/mol. The summed E-state index contributed by atoms with van der Waals surface area (Å²) in [4.78, 5) is 0. The van der Waals surface area contributed by atoms with E-state index in [0.717, 1.165) is 11.3 Å². The molecule has 0 atom stereocenters. The predicted molar refractivity (Wildman–Crippen MR) is 62.2 cm³/mol. The first-order chi connectivity index (χ1) is 7.40. The van der Waals surface area contributed by atoms with E-state index in [1.807, 2.05) is 13.0 Å². The molecule has 0 saturated carbocycles. The largest absolute Gasteiger partial charge is 0.397 e. The molecule has 0 fully saturated rings. The molecule has 1 aromatic rings. The lowest BCUT2D eigenvalue weighted by Gasteiger charge is -2.09. The summed E-state index contributed by atoms with van der Waals surface area (Å²) < 4.78 is 33.0. The summed E-state index contributed by atoms with van der Waals surface area (Å²) in [5.41, 5.74) is 1.67. The number of benzene rings is 1. The van der Waals surface area contributed by atoms with Crippen LogP contribution < -0.4 is 5.32 Å². The quantitative estimate of drug-likeness (QED) is 0.628. The van der Waals surface area contributed by atoms with E-state index in [2.05, 4.69) is 9.50 Å². The zero-order valence-corrected chi connectivity index (χ0v) is 10.2. The highest BCUT2D eigenvalue weighted by atomic mass is 35.5. The van der Waals surface area contributed by atoms with Crippen molar-refractivity contribution in [2.45, 2.75) is 6.92 Å². The first kappa shape index (κ1) is 13.2. The minimum absolute atomic E-state index is 0.148. The van der Waals surface area contributed by atoms with Crippen LogP contribution in [-0.2, 0) is 14.6 Å². The second kappa shape index (κ2) is 5.49. The smallest absolute Gasteiger partial charge is 0.382 e. The number of hydrogen-bond acceptors (Lipinski definition) is 4. The van der Waals surface area contributed by atoms with Gasteiger partial charge in [0, 0.05) is 17.3 Å². The Bertz CT molecular complexity index is 461. The van der Waals surface area contributed by atoms with Gasteiger partial charge in [0.1, 0.15) is 0 Å². The Hall–Kier alpha value is -0.820. The van der Waals surface area contributed by atoms with Gasteiger partial charge in [-0.2, -0.15) is 8.42 Å². The van der Waals surface area contributed by atoms with Crippen LogP contribution in [0.2, 0.25) is 5.02 Å². The number of halogens is 1. The van der Waals surface area contributed by atoms with Gasteiger partial charge in [-0.15, -0.1) is 0 Å². The van der Waals surface area contributed by atoms with Gasteiger partial charge < -0.3 is 5.32 Å². The van der Waals surface area contributed by atoms with Crippen LogP contribution in [0.15, 0.2) is 18.2 Å². The summed E-state index contributed by atoms with van der Waals surface area (Å²) in [5, 5.41) is 3.57. The van der Waals surface area contributed by atoms with Crippen LogP contribution in [0.3, 0.4) is 0 Å². The summed E-state index contributed by atoms with van der Waals surface area (Å²) in [6, 6.07) is 5.35. The molecule has 90 valence electrons. The summed E-state index contributed by atoms with van der Waals surface area (Å²) in [6.45, 7) is 1.94. The third-order valence-electron chi connectivity index (χ3n) is 1.92. The van der Waals surface area contributed by atoms with Crippen LogP contribution in [0.4, 0.5) is 5.69 Å². The number of hydrogen-bond donors (Lipinski definition) is 2. The van der Waals surface area contributed by atoms with Crippen molar-refractivity contribution in [1.29, 1.82) is 0 Å². The first-order valence-electron chi connectivity index (χ1n) is 4.51. The van der Waals surface area contributed by atoms with E-state index < -0.39 is 10.4 Å². The second-order valence-electron chi connectivity index (χ2n) is 3.09. The summed E-state index contributed by atoms with van der Waals surface area (Å²) in [5.74, 6) is 0. The van der Waals surface area contributed by atoms with Crippen LogP contribution in [0.1, 0.15) is 5.56 Å². The number of nitrogens with one attached hydrogen (secondary N) is 1. The fourth-order valence-electron chi connectivity index (χ4n) is 1.13. The first-order valence-corrected chi connectivity index (χ1v) is 6.25. The van der Waals surface area contributed by atoms with Gasteiger partial charge in [-0.1, -0.05) is 17.7 Å². The highest BCUT2D eigenvalue weighted by molar-refractivity contribution is 7.80. The van der Waals surface area contributed by atoms with Crippen molar-refractivity contribution in [3.63, 3.8) is 0 Å². The van der Waals surface area contributed by atoms with Crippen LogP contribution in [0.5, 0.6) is 0 Å².